The molecular formula is C22H27N5O. The Bertz CT molecular complexity index is 958. The summed E-state index contributed by atoms with van der Waals surface area (Å²) >= 11 is 0. The lowest BCUT2D eigenvalue weighted by atomic mass is 10.1. The number of imidazole rings is 1. The molecule has 0 unspecified atom stereocenters. The Kier molecular flexibility index (Phi) is 5.55. The fourth-order valence-electron chi connectivity index (χ4n) is 3.82. The number of rotatable bonds is 6. The highest BCUT2D eigenvalue weighted by molar-refractivity contribution is 5.94. The molecule has 0 spiro atoms. The van der Waals surface area contributed by atoms with E-state index in [1.165, 1.54) is 6.42 Å². The second-order valence-corrected chi connectivity index (χ2v) is 7.39. The molecular weight excluding hydrogens is 350 g/mol. The van der Waals surface area contributed by atoms with E-state index in [1.807, 2.05) is 35.2 Å². The first-order chi connectivity index (χ1) is 13.7. The first-order valence-corrected chi connectivity index (χ1v) is 10.1. The average Bonchev–Trinajstić information content (AvgIpc) is 3.07. The standard InChI is InChI=1S/C22H27N5O/c1-26-19-9-4-3-8-18(19)25-21(26)10-7-12-23-20-16-17(11-13-24-20)22(28)27-14-5-2-6-15-27/h3-4,8-9,11,13,16H,2,5-7,10,12,14-15H2,1H3,(H,23,24). The minimum absolute atomic E-state index is 0.116. The fraction of sp³-hybridized carbons (Fsp3) is 0.409. The molecule has 28 heavy (non-hydrogen) atoms. The number of benzene rings is 1. The van der Waals surface area contributed by atoms with Crippen molar-refractivity contribution in [3.05, 3.63) is 54.0 Å². The van der Waals surface area contributed by atoms with Crippen LogP contribution in [0.1, 0.15) is 41.9 Å². The zero-order chi connectivity index (χ0) is 19.3. The normalized spacial score (nSPS) is 14.4. The Morgan fingerprint density at radius 2 is 1.96 bits per heavy atom. The fourth-order valence-corrected chi connectivity index (χ4v) is 3.82. The summed E-state index contributed by atoms with van der Waals surface area (Å²) < 4.78 is 2.16. The maximum absolute atomic E-state index is 12.6. The Morgan fingerprint density at radius 3 is 2.79 bits per heavy atom. The lowest BCUT2D eigenvalue weighted by Crippen LogP contribution is -2.35. The lowest BCUT2D eigenvalue weighted by Gasteiger charge is -2.26. The van der Waals surface area contributed by atoms with Crippen molar-refractivity contribution in [3.8, 4) is 0 Å². The van der Waals surface area contributed by atoms with Gasteiger partial charge in [0.05, 0.1) is 11.0 Å². The van der Waals surface area contributed by atoms with E-state index in [4.69, 9.17) is 4.98 Å². The topological polar surface area (TPSA) is 63.1 Å². The van der Waals surface area contributed by atoms with Crippen LogP contribution in [0.3, 0.4) is 0 Å². The van der Waals surface area contributed by atoms with E-state index in [-0.39, 0.29) is 5.91 Å². The zero-order valence-corrected chi connectivity index (χ0v) is 16.4. The van der Waals surface area contributed by atoms with Gasteiger partial charge in [0.15, 0.2) is 0 Å². The molecule has 1 amide bonds. The molecule has 0 aliphatic carbocycles. The van der Waals surface area contributed by atoms with Crippen LogP contribution in [0.15, 0.2) is 42.6 Å². The van der Waals surface area contributed by atoms with Crippen molar-refractivity contribution in [1.29, 1.82) is 0 Å². The average molecular weight is 377 g/mol. The number of carbonyl (C=O) groups excluding carboxylic acids is 1. The number of hydrogen-bond donors (Lipinski definition) is 1. The summed E-state index contributed by atoms with van der Waals surface area (Å²) in [5.41, 5.74) is 2.92. The number of pyridine rings is 1. The summed E-state index contributed by atoms with van der Waals surface area (Å²) in [6.07, 6.45) is 6.98. The Balaban J connectivity index is 1.32. The number of anilines is 1. The largest absolute Gasteiger partial charge is 0.370 e. The van der Waals surface area contributed by atoms with Crippen molar-refractivity contribution in [2.45, 2.75) is 32.1 Å². The number of piperidine rings is 1. The van der Waals surface area contributed by atoms with Gasteiger partial charge in [-0.05, 0) is 49.9 Å². The Labute approximate surface area is 165 Å². The van der Waals surface area contributed by atoms with E-state index in [9.17, 15) is 4.79 Å². The Morgan fingerprint density at radius 1 is 1.14 bits per heavy atom. The maximum Gasteiger partial charge on any atom is 0.254 e. The molecule has 0 bridgehead atoms. The first-order valence-electron chi connectivity index (χ1n) is 10.1. The molecule has 3 aromatic rings. The number of fused-ring (bicyclic) bond motifs is 1. The van der Waals surface area contributed by atoms with E-state index in [0.29, 0.717) is 0 Å². The molecule has 1 aromatic carbocycles. The smallest absolute Gasteiger partial charge is 0.254 e. The number of hydrogen-bond acceptors (Lipinski definition) is 4. The van der Waals surface area contributed by atoms with Crippen LogP contribution in [-0.2, 0) is 13.5 Å². The van der Waals surface area contributed by atoms with Gasteiger partial charge in [0.1, 0.15) is 11.6 Å². The maximum atomic E-state index is 12.6. The van der Waals surface area contributed by atoms with Gasteiger partial charge in [-0.25, -0.2) is 9.97 Å². The minimum Gasteiger partial charge on any atom is -0.370 e. The summed E-state index contributed by atoms with van der Waals surface area (Å²) in [7, 11) is 2.06. The van der Waals surface area contributed by atoms with Gasteiger partial charge in [-0.15, -0.1) is 0 Å². The van der Waals surface area contributed by atoms with Crippen LogP contribution in [0, 0.1) is 0 Å². The van der Waals surface area contributed by atoms with Crippen molar-refractivity contribution < 1.29 is 4.79 Å². The number of carbonyl (C=O) groups is 1. The molecule has 0 saturated carbocycles. The minimum atomic E-state index is 0.116. The molecule has 146 valence electrons. The van der Waals surface area contributed by atoms with Crippen molar-refractivity contribution in [1.82, 2.24) is 19.4 Å². The van der Waals surface area contributed by atoms with Gasteiger partial charge < -0.3 is 14.8 Å². The SMILES string of the molecule is Cn1c(CCCNc2cc(C(=O)N3CCCCC3)ccn2)nc2ccccc21. The van der Waals surface area contributed by atoms with E-state index < -0.39 is 0 Å². The second-order valence-electron chi connectivity index (χ2n) is 7.39. The number of para-hydroxylation sites is 2. The Hall–Kier alpha value is -2.89. The lowest BCUT2D eigenvalue weighted by molar-refractivity contribution is 0.0724. The summed E-state index contributed by atoms with van der Waals surface area (Å²) in [4.78, 5) is 23.7. The van der Waals surface area contributed by atoms with Crippen LogP contribution < -0.4 is 5.32 Å². The molecule has 6 nitrogen and oxygen atoms in total. The third-order valence-electron chi connectivity index (χ3n) is 5.41. The summed E-state index contributed by atoms with van der Waals surface area (Å²) in [6.45, 7) is 2.52. The monoisotopic (exact) mass is 377 g/mol. The molecule has 6 heteroatoms. The highest BCUT2D eigenvalue weighted by Crippen LogP contribution is 2.16. The molecule has 1 fully saturated rings. The zero-order valence-electron chi connectivity index (χ0n) is 16.4. The number of nitrogens with zero attached hydrogens (tertiary/aromatic N) is 4. The van der Waals surface area contributed by atoms with Crippen LogP contribution in [0.25, 0.3) is 11.0 Å². The van der Waals surface area contributed by atoms with Crippen molar-refractivity contribution in [2.75, 3.05) is 25.0 Å². The van der Waals surface area contributed by atoms with Crippen LogP contribution in [0.4, 0.5) is 5.82 Å². The molecule has 2 aromatic heterocycles. The molecule has 0 radical (unpaired) electrons. The second kappa shape index (κ2) is 8.42. The van der Waals surface area contributed by atoms with E-state index in [2.05, 4.69) is 28.0 Å². The number of likely N-dealkylation sites (tertiary alicyclic amines) is 1. The molecule has 1 saturated heterocycles. The number of amides is 1. The summed E-state index contributed by atoms with van der Waals surface area (Å²) in [6, 6.07) is 11.9. The van der Waals surface area contributed by atoms with E-state index in [0.717, 1.165) is 73.6 Å². The van der Waals surface area contributed by atoms with Crippen molar-refractivity contribution >= 4 is 22.8 Å². The van der Waals surface area contributed by atoms with Crippen molar-refractivity contribution in [3.63, 3.8) is 0 Å². The summed E-state index contributed by atoms with van der Waals surface area (Å²) in [5, 5.41) is 3.35. The molecule has 1 N–H and O–H groups in total. The third kappa shape index (κ3) is 4.01. The van der Waals surface area contributed by atoms with Crippen LogP contribution >= 0.6 is 0 Å². The molecule has 1 aliphatic rings. The quantitative estimate of drug-likeness (QED) is 0.666. The van der Waals surface area contributed by atoms with Gasteiger partial charge in [0.25, 0.3) is 5.91 Å². The number of aromatic nitrogens is 3. The third-order valence-corrected chi connectivity index (χ3v) is 5.41. The van der Waals surface area contributed by atoms with Crippen LogP contribution in [0.5, 0.6) is 0 Å². The predicted molar refractivity (Wildman–Crippen MR) is 112 cm³/mol. The van der Waals surface area contributed by atoms with Gasteiger partial charge in [-0.2, -0.15) is 0 Å². The van der Waals surface area contributed by atoms with Gasteiger partial charge in [-0.1, -0.05) is 12.1 Å². The molecule has 4 rings (SSSR count). The molecule has 3 heterocycles. The van der Waals surface area contributed by atoms with Gasteiger partial charge in [0.2, 0.25) is 0 Å². The highest BCUT2D eigenvalue weighted by Gasteiger charge is 2.18. The molecule has 0 atom stereocenters. The number of aryl methyl sites for hydroxylation is 2. The van der Waals surface area contributed by atoms with Gasteiger partial charge in [-0.3, -0.25) is 4.79 Å². The van der Waals surface area contributed by atoms with E-state index in [1.54, 1.807) is 6.20 Å². The molecule has 1 aliphatic heterocycles. The van der Waals surface area contributed by atoms with Crippen LogP contribution in [0.2, 0.25) is 0 Å². The highest BCUT2D eigenvalue weighted by atomic mass is 16.2. The van der Waals surface area contributed by atoms with Crippen LogP contribution in [-0.4, -0.2) is 45.0 Å². The summed E-state index contributed by atoms with van der Waals surface area (Å²) in [5.74, 6) is 1.96. The van der Waals surface area contributed by atoms with E-state index >= 15 is 0 Å². The predicted octanol–water partition coefficient (Wildman–Crippen LogP) is 3.64. The number of nitrogens with one attached hydrogen (secondary N) is 1. The van der Waals surface area contributed by atoms with Gasteiger partial charge in [0, 0.05) is 44.9 Å². The first kappa shape index (κ1) is 18.5. The van der Waals surface area contributed by atoms with Gasteiger partial charge >= 0.3 is 0 Å². The van der Waals surface area contributed by atoms with Crippen molar-refractivity contribution in [2.24, 2.45) is 7.05 Å².